The number of benzene rings is 3. The number of halogens is 1. The van der Waals surface area contributed by atoms with Crippen molar-refractivity contribution in [2.24, 2.45) is 5.10 Å². The third-order valence-corrected chi connectivity index (χ3v) is 4.68. The van der Waals surface area contributed by atoms with Crippen LogP contribution in [0.1, 0.15) is 5.76 Å². The highest BCUT2D eigenvalue weighted by Gasteiger charge is 2.15. The lowest BCUT2D eigenvalue weighted by Gasteiger charge is -2.18. The van der Waals surface area contributed by atoms with E-state index in [9.17, 15) is 10.1 Å². The van der Waals surface area contributed by atoms with Crippen LogP contribution in [0.25, 0.3) is 11.3 Å². The standard InChI is InChI=1S/C23H16ClN3O3/c24-21-13-11-17(15-22(21)27(28)29)23-14-12-20(30-23)16-25-26(18-7-3-1-4-8-18)19-9-5-2-6-10-19/h1-16H. The number of hydrogen-bond donors (Lipinski definition) is 0. The number of hydrazone groups is 1. The molecule has 4 aromatic rings. The first kappa shape index (κ1) is 19.4. The van der Waals surface area contributed by atoms with E-state index in [1.54, 1.807) is 29.4 Å². The Balaban J connectivity index is 1.63. The summed E-state index contributed by atoms with van der Waals surface area (Å²) in [4.78, 5) is 10.6. The predicted molar refractivity (Wildman–Crippen MR) is 118 cm³/mol. The van der Waals surface area contributed by atoms with Gasteiger partial charge in [-0.05, 0) is 48.5 Å². The maximum Gasteiger partial charge on any atom is 0.288 e. The van der Waals surface area contributed by atoms with Gasteiger partial charge in [0, 0.05) is 11.6 Å². The second-order valence-corrected chi connectivity index (χ2v) is 6.76. The Morgan fingerprint density at radius 2 is 1.53 bits per heavy atom. The zero-order valence-corrected chi connectivity index (χ0v) is 16.4. The maximum atomic E-state index is 11.1. The van der Waals surface area contributed by atoms with E-state index >= 15 is 0 Å². The minimum absolute atomic E-state index is 0.0819. The topological polar surface area (TPSA) is 71.9 Å². The molecule has 0 spiro atoms. The highest BCUT2D eigenvalue weighted by atomic mass is 35.5. The second-order valence-electron chi connectivity index (χ2n) is 6.35. The number of furan rings is 1. The van der Waals surface area contributed by atoms with Crippen molar-refractivity contribution in [1.29, 1.82) is 0 Å². The molecule has 0 aliphatic carbocycles. The van der Waals surface area contributed by atoms with Gasteiger partial charge in [0.15, 0.2) is 0 Å². The summed E-state index contributed by atoms with van der Waals surface area (Å²) >= 11 is 5.89. The lowest BCUT2D eigenvalue weighted by molar-refractivity contribution is -0.384. The molecule has 0 atom stereocenters. The average molecular weight is 418 g/mol. The molecule has 0 fully saturated rings. The van der Waals surface area contributed by atoms with Crippen molar-refractivity contribution >= 4 is 34.9 Å². The second kappa shape index (κ2) is 8.63. The van der Waals surface area contributed by atoms with Gasteiger partial charge in [-0.1, -0.05) is 48.0 Å². The fraction of sp³-hybridized carbons (Fsp3) is 0. The Labute approximate surface area is 177 Å². The molecule has 0 aliphatic rings. The Morgan fingerprint density at radius 3 is 2.13 bits per heavy atom. The van der Waals surface area contributed by atoms with Gasteiger partial charge in [0.1, 0.15) is 16.5 Å². The van der Waals surface area contributed by atoms with Gasteiger partial charge in [-0.15, -0.1) is 0 Å². The van der Waals surface area contributed by atoms with E-state index in [4.69, 9.17) is 16.0 Å². The number of nitro benzene ring substituents is 1. The highest BCUT2D eigenvalue weighted by Crippen LogP contribution is 2.31. The van der Waals surface area contributed by atoms with E-state index < -0.39 is 4.92 Å². The van der Waals surface area contributed by atoms with Gasteiger partial charge in [0.05, 0.1) is 22.5 Å². The minimum atomic E-state index is -0.519. The van der Waals surface area contributed by atoms with E-state index in [0.29, 0.717) is 17.1 Å². The summed E-state index contributed by atoms with van der Waals surface area (Å²) in [5, 5.41) is 17.6. The molecule has 0 N–H and O–H groups in total. The summed E-state index contributed by atoms with van der Waals surface area (Å²) in [6, 6.07) is 27.6. The van der Waals surface area contributed by atoms with Crippen LogP contribution in [0.2, 0.25) is 5.02 Å². The van der Waals surface area contributed by atoms with Gasteiger partial charge >= 0.3 is 0 Å². The Hall–Kier alpha value is -3.90. The Bertz CT molecular complexity index is 1150. The molecule has 148 valence electrons. The van der Waals surface area contributed by atoms with Crippen LogP contribution in [-0.2, 0) is 0 Å². The van der Waals surface area contributed by atoms with Crippen molar-refractivity contribution in [2.75, 3.05) is 5.01 Å². The first-order valence-electron chi connectivity index (χ1n) is 9.10. The third-order valence-electron chi connectivity index (χ3n) is 4.36. The van der Waals surface area contributed by atoms with Crippen LogP contribution in [0.4, 0.5) is 17.1 Å². The van der Waals surface area contributed by atoms with Gasteiger partial charge in [-0.25, -0.2) is 5.01 Å². The molecule has 0 saturated carbocycles. The van der Waals surface area contributed by atoms with Crippen molar-refractivity contribution < 1.29 is 9.34 Å². The monoisotopic (exact) mass is 417 g/mol. The summed E-state index contributed by atoms with van der Waals surface area (Å²) in [7, 11) is 0. The zero-order valence-electron chi connectivity index (χ0n) is 15.7. The molecule has 4 rings (SSSR count). The van der Waals surface area contributed by atoms with Crippen molar-refractivity contribution in [2.45, 2.75) is 0 Å². The summed E-state index contributed by atoms with van der Waals surface area (Å²) in [6.45, 7) is 0. The van der Waals surface area contributed by atoms with Gasteiger partial charge in [-0.3, -0.25) is 10.1 Å². The first-order valence-corrected chi connectivity index (χ1v) is 9.48. The smallest absolute Gasteiger partial charge is 0.288 e. The van der Waals surface area contributed by atoms with Gasteiger partial charge in [0.25, 0.3) is 5.69 Å². The molecule has 0 amide bonds. The molecule has 0 bridgehead atoms. The predicted octanol–water partition coefficient (Wildman–Crippen LogP) is 6.68. The number of nitro groups is 1. The molecule has 1 heterocycles. The SMILES string of the molecule is O=[N+]([O-])c1cc(-c2ccc(C=NN(c3ccccc3)c3ccccc3)o2)ccc1Cl. The number of rotatable bonds is 6. The zero-order chi connectivity index (χ0) is 20.9. The summed E-state index contributed by atoms with van der Waals surface area (Å²) < 4.78 is 5.82. The minimum Gasteiger partial charge on any atom is -0.455 e. The molecule has 1 aromatic heterocycles. The van der Waals surface area contributed by atoms with Crippen LogP contribution >= 0.6 is 11.6 Å². The summed E-state index contributed by atoms with van der Waals surface area (Å²) in [5.41, 5.74) is 2.20. The first-order chi connectivity index (χ1) is 14.6. The van der Waals surface area contributed by atoms with E-state index in [0.717, 1.165) is 11.4 Å². The van der Waals surface area contributed by atoms with Crippen molar-refractivity contribution in [3.63, 3.8) is 0 Å². The third kappa shape index (κ3) is 4.24. The number of hydrogen-bond acceptors (Lipinski definition) is 5. The van der Waals surface area contributed by atoms with E-state index in [1.165, 1.54) is 12.1 Å². The van der Waals surface area contributed by atoms with E-state index in [1.807, 2.05) is 60.7 Å². The van der Waals surface area contributed by atoms with Crippen LogP contribution < -0.4 is 5.01 Å². The molecular formula is C23H16ClN3O3. The lowest BCUT2D eigenvalue weighted by atomic mass is 10.1. The molecule has 30 heavy (non-hydrogen) atoms. The average Bonchev–Trinajstić information content (AvgIpc) is 3.24. The van der Waals surface area contributed by atoms with Gasteiger partial charge in [0.2, 0.25) is 0 Å². The maximum absolute atomic E-state index is 11.1. The van der Waals surface area contributed by atoms with Crippen LogP contribution in [-0.4, -0.2) is 11.1 Å². The van der Waals surface area contributed by atoms with Crippen molar-refractivity contribution in [3.05, 3.63) is 112 Å². The fourth-order valence-corrected chi connectivity index (χ4v) is 3.11. The molecule has 6 nitrogen and oxygen atoms in total. The molecule has 0 radical (unpaired) electrons. The number of nitrogens with zero attached hydrogens (tertiary/aromatic N) is 3. The molecule has 0 aliphatic heterocycles. The fourth-order valence-electron chi connectivity index (χ4n) is 2.92. The van der Waals surface area contributed by atoms with Gasteiger partial charge < -0.3 is 4.42 Å². The van der Waals surface area contributed by atoms with E-state index in [2.05, 4.69) is 5.10 Å². The molecule has 3 aromatic carbocycles. The largest absolute Gasteiger partial charge is 0.455 e. The summed E-state index contributed by atoms with van der Waals surface area (Å²) in [6.07, 6.45) is 1.60. The Kier molecular flexibility index (Phi) is 5.59. The lowest BCUT2D eigenvalue weighted by Crippen LogP contribution is -2.08. The Morgan fingerprint density at radius 1 is 0.900 bits per heavy atom. The normalized spacial score (nSPS) is 11.0. The quantitative estimate of drug-likeness (QED) is 0.199. The van der Waals surface area contributed by atoms with Crippen molar-refractivity contribution in [3.8, 4) is 11.3 Å². The number of para-hydroxylation sites is 2. The molecular weight excluding hydrogens is 402 g/mol. The van der Waals surface area contributed by atoms with Crippen LogP contribution in [0.5, 0.6) is 0 Å². The molecule has 7 heteroatoms. The van der Waals surface area contributed by atoms with Gasteiger partial charge in [-0.2, -0.15) is 5.10 Å². The van der Waals surface area contributed by atoms with Crippen molar-refractivity contribution in [1.82, 2.24) is 0 Å². The molecule has 0 unspecified atom stereocenters. The highest BCUT2D eigenvalue weighted by molar-refractivity contribution is 6.32. The van der Waals surface area contributed by atoms with Crippen LogP contribution in [0, 0.1) is 10.1 Å². The summed E-state index contributed by atoms with van der Waals surface area (Å²) in [5.74, 6) is 1.00. The van der Waals surface area contributed by atoms with Crippen LogP contribution in [0.3, 0.4) is 0 Å². The number of anilines is 2. The van der Waals surface area contributed by atoms with Crippen LogP contribution in [0.15, 0.2) is 101 Å². The molecule has 0 saturated heterocycles. The van der Waals surface area contributed by atoms with E-state index in [-0.39, 0.29) is 10.7 Å².